The first-order valence-corrected chi connectivity index (χ1v) is 8.07. The van der Waals surface area contributed by atoms with Crippen molar-refractivity contribution in [2.45, 2.75) is 43.6 Å². The molecule has 1 N–H and O–H groups in total. The number of nitrogens with one attached hydrogen (secondary N) is 1. The molecule has 0 saturated carbocycles. The summed E-state index contributed by atoms with van der Waals surface area (Å²) in [6.45, 7) is 7.60. The SMILES string of the molecule is CC(Sc1nnnn1C(C)(C)C)C(=O)Nc1cccc([N+](=O)[O-])c1. The molecule has 1 atom stereocenters. The van der Waals surface area contributed by atoms with Gasteiger partial charge in [-0.25, -0.2) is 4.68 Å². The van der Waals surface area contributed by atoms with Crippen LogP contribution in [0.5, 0.6) is 0 Å². The molecule has 0 aliphatic heterocycles. The quantitative estimate of drug-likeness (QED) is 0.500. The van der Waals surface area contributed by atoms with Crippen molar-refractivity contribution < 1.29 is 9.72 Å². The standard InChI is InChI=1S/C14H18N6O3S/c1-9(24-13-16-17-18-19(13)14(2,3)4)12(21)15-10-6-5-7-11(8-10)20(22)23/h5-9H,1-4H3,(H,15,21). The summed E-state index contributed by atoms with van der Waals surface area (Å²) in [5.74, 6) is -0.288. The first-order chi connectivity index (χ1) is 11.2. The molecule has 0 bridgehead atoms. The molecule has 10 heteroatoms. The Morgan fingerprint density at radius 1 is 1.42 bits per heavy atom. The predicted molar refractivity (Wildman–Crippen MR) is 89.9 cm³/mol. The zero-order chi connectivity index (χ0) is 17.9. The van der Waals surface area contributed by atoms with E-state index >= 15 is 0 Å². The van der Waals surface area contributed by atoms with Gasteiger partial charge in [0.1, 0.15) is 0 Å². The number of thioether (sulfide) groups is 1. The normalized spacial score (nSPS) is 12.7. The van der Waals surface area contributed by atoms with Gasteiger partial charge in [-0.1, -0.05) is 17.8 Å². The van der Waals surface area contributed by atoms with Gasteiger partial charge in [-0.05, 0) is 44.2 Å². The van der Waals surface area contributed by atoms with E-state index in [4.69, 9.17) is 0 Å². The Hall–Kier alpha value is -2.49. The number of amides is 1. The highest BCUT2D eigenvalue weighted by atomic mass is 32.2. The Morgan fingerprint density at radius 2 is 2.12 bits per heavy atom. The fraction of sp³-hybridized carbons (Fsp3) is 0.429. The van der Waals surface area contributed by atoms with Crippen molar-refractivity contribution in [2.24, 2.45) is 0 Å². The molecule has 2 rings (SSSR count). The monoisotopic (exact) mass is 350 g/mol. The number of nitro groups is 1. The highest BCUT2D eigenvalue weighted by Gasteiger charge is 2.24. The maximum absolute atomic E-state index is 12.3. The second kappa shape index (κ2) is 6.95. The highest BCUT2D eigenvalue weighted by Crippen LogP contribution is 2.26. The molecule has 9 nitrogen and oxygen atoms in total. The van der Waals surface area contributed by atoms with Crippen LogP contribution in [0.1, 0.15) is 27.7 Å². The largest absolute Gasteiger partial charge is 0.325 e. The van der Waals surface area contributed by atoms with Crippen LogP contribution >= 0.6 is 11.8 Å². The van der Waals surface area contributed by atoms with Gasteiger partial charge in [0, 0.05) is 17.8 Å². The highest BCUT2D eigenvalue weighted by molar-refractivity contribution is 8.00. The van der Waals surface area contributed by atoms with Gasteiger partial charge in [-0.2, -0.15) is 0 Å². The lowest BCUT2D eigenvalue weighted by molar-refractivity contribution is -0.384. The fourth-order valence-electron chi connectivity index (χ4n) is 1.83. The van der Waals surface area contributed by atoms with Crippen LogP contribution in [0.25, 0.3) is 0 Å². The summed E-state index contributed by atoms with van der Waals surface area (Å²) in [4.78, 5) is 22.6. The molecule has 1 unspecified atom stereocenters. The van der Waals surface area contributed by atoms with Crippen molar-refractivity contribution in [1.82, 2.24) is 20.2 Å². The lowest BCUT2D eigenvalue weighted by atomic mass is 10.1. The molecule has 1 aromatic heterocycles. The molecule has 24 heavy (non-hydrogen) atoms. The molecular formula is C14H18N6O3S. The van der Waals surface area contributed by atoms with E-state index in [1.807, 2.05) is 20.8 Å². The number of hydrogen-bond acceptors (Lipinski definition) is 7. The van der Waals surface area contributed by atoms with Gasteiger partial charge in [-0.3, -0.25) is 14.9 Å². The van der Waals surface area contributed by atoms with Gasteiger partial charge >= 0.3 is 0 Å². The number of anilines is 1. The summed E-state index contributed by atoms with van der Waals surface area (Å²) < 4.78 is 1.65. The van der Waals surface area contributed by atoms with Crippen LogP contribution in [-0.4, -0.2) is 36.3 Å². The lowest BCUT2D eigenvalue weighted by Gasteiger charge is -2.20. The van der Waals surface area contributed by atoms with Crippen molar-refractivity contribution in [3.8, 4) is 0 Å². The molecule has 0 saturated heterocycles. The van der Waals surface area contributed by atoms with E-state index < -0.39 is 10.2 Å². The van der Waals surface area contributed by atoms with E-state index in [1.54, 1.807) is 17.7 Å². The van der Waals surface area contributed by atoms with Crippen molar-refractivity contribution in [1.29, 1.82) is 0 Å². The molecule has 0 fully saturated rings. The first-order valence-electron chi connectivity index (χ1n) is 7.19. The van der Waals surface area contributed by atoms with Crippen molar-refractivity contribution in [3.05, 3.63) is 34.4 Å². The summed E-state index contributed by atoms with van der Waals surface area (Å²) in [5, 5.41) is 25.0. The van der Waals surface area contributed by atoms with Crippen LogP contribution in [0.4, 0.5) is 11.4 Å². The first kappa shape index (κ1) is 17.9. The van der Waals surface area contributed by atoms with Gasteiger partial charge in [0.2, 0.25) is 11.1 Å². The number of tetrazole rings is 1. The van der Waals surface area contributed by atoms with Gasteiger partial charge in [-0.15, -0.1) is 5.10 Å². The van der Waals surface area contributed by atoms with Crippen LogP contribution in [0.2, 0.25) is 0 Å². The molecule has 0 spiro atoms. The number of nitro benzene ring substituents is 1. The topological polar surface area (TPSA) is 116 Å². The molecule has 2 aromatic rings. The van der Waals surface area contributed by atoms with E-state index in [0.717, 1.165) is 0 Å². The number of rotatable bonds is 5. The van der Waals surface area contributed by atoms with Gasteiger partial charge in [0.05, 0.1) is 15.7 Å². The van der Waals surface area contributed by atoms with Crippen LogP contribution in [0.3, 0.4) is 0 Å². The van der Waals surface area contributed by atoms with E-state index in [1.165, 1.54) is 30.0 Å². The van der Waals surface area contributed by atoms with Crippen LogP contribution in [0, 0.1) is 10.1 Å². The van der Waals surface area contributed by atoms with Crippen LogP contribution in [-0.2, 0) is 10.3 Å². The zero-order valence-corrected chi connectivity index (χ0v) is 14.6. The predicted octanol–water partition coefficient (Wildman–Crippen LogP) is 2.46. The Morgan fingerprint density at radius 3 is 2.75 bits per heavy atom. The average Bonchev–Trinajstić information content (AvgIpc) is 2.95. The van der Waals surface area contributed by atoms with Crippen molar-refractivity contribution in [2.75, 3.05) is 5.32 Å². The lowest BCUT2D eigenvalue weighted by Crippen LogP contribution is -2.27. The molecule has 1 heterocycles. The molecular weight excluding hydrogens is 332 g/mol. The molecule has 1 aromatic carbocycles. The fourth-order valence-corrected chi connectivity index (χ4v) is 2.80. The minimum Gasteiger partial charge on any atom is -0.325 e. The summed E-state index contributed by atoms with van der Waals surface area (Å²) in [5.41, 5.74) is -0.0101. The molecule has 0 aliphatic rings. The molecule has 0 radical (unpaired) electrons. The third kappa shape index (κ3) is 4.28. The Kier molecular flexibility index (Phi) is 5.17. The van der Waals surface area contributed by atoms with E-state index in [0.29, 0.717) is 10.8 Å². The van der Waals surface area contributed by atoms with Crippen LogP contribution in [0.15, 0.2) is 29.4 Å². The van der Waals surface area contributed by atoms with Crippen molar-refractivity contribution >= 4 is 29.0 Å². The average molecular weight is 350 g/mol. The minimum absolute atomic E-state index is 0.0789. The maximum Gasteiger partial charge on any atom is 0.271 e. The minimum atomic E-state index is -0.509. The maximum atomic E-state index is 12.3. The smallest absolute Gasteiger partial charge is 0.271 e. The number of carbonyl (C=O) groups excluding carboxylic acids is 1. The number of hydrogen-bond donors (Lipinski definition) is 1. The third-order valence-corrected chi connectivity index (χ3v) is 4.09. The van der Waals surface area contributed by atoms with E-state index in [9.17, 15) is 14.9 Å². The second-order valence-corrected chi connectivity index (χ2v) is 7.41. The molecule has 128 valence electrons. The zero-order valence-electron chi connectivity index (χ0n) is 13.8. The van der Waals surface area contributed by atoms with Crippen LogP contribution < -0.4 is 5.32 Å². The van der Waals surface area contributed by atoms with Gasteiger partial charge < -0.3 is 5.32 Å². The molecule has 1 amide bonds. The van der Waals surface area contributed by atoms with Gasteiger partial charge in [0.15, 0.2) is 0 Å². The Balaban J connectivity index is 2.07. The summed E-state index contributed by atoms with van der Waals surface area (Å²) >= 11 is 1.22. The third-order valence-electron chi connectivity index (χ3n) is 3.05. The second-order valence-electron chi connectivity index (χ2n) is 6.10. The van der Waals surface area contributed by atoms with Crippen molar-refractivity contribution in [3.63, 3.8) is 0 Å². The number of non-ortho nitro benzene ring substituents is 1. The number of aromatic nitrogens is 4. The number of benzene rings is 1. The van der Waals surface area contributed by atoms with E-state index in [2.05, 4.69) is 20.8 Å². The number of nitrogens with zero attached hydrogens (tertiary/aromatic N) is 5. The Bertz CT molecular complexity index is 755. The van der Waals surface area contributed by atoms with Gasteiger partial charge in [0.25, 0.3) is 5.69 Å². The summed E-state index contributed by atoms with van der Waals surface area (Å²) in [6, 6.07) is 5.80. The summed E-state index contributed by atoms with van der Waals surface area (Å²) in [6.07, 6.45) is 0. The Labute approximate surface area is 143 Å². The number of carbonyl (C=O) groups is 1. The van der Waals surface area contributed by atoms with E-state index in [-0.39, 0.29) is 17.1 Å². The molecule has 0 aliphatic carbocycles. The summed E-state index contributed by atoms with van der Waals surface area (Å²) in [7, 11) is 0.